The predicted molar refractivity (Wildman–Crippen MR) is 88.5 cm³/mol. The van der Waals surface area contributed by atoms with Crippen molar-refractivity contribution in [2.24, 2.45) is 0 Å². The van der Waals surface area contributed by atoms with E-state index in [1.807, 2.05) is 19.0 Å². The van der Waals surface area contributed by atoms with E-state index in [0.29, 0.717) is 6.54 Å². The Morgan fingerprint density at radius 2 is 1.92 bits per heavy atom. The lowest BCUT2D eigenvalue weighted by Gasteiger charge is -2.13. The highest BCUT2D eigenvalue weighted by Gasteiger charge is 2.33. The first-order chi connectivity index (χ1) is 11.8. The molecule has 0 bridgehead atoms. The maximum Gasteiger partial charge on any atom is 0.418 e. The molecule has 1 aromatic heterocycles. The van der Waals surface area contributed by atoms with Gasteiger partial charge in [-0.1, -0.05) is 12.1 Å². The van der Waals surface area contributed by atoms with E-state index in [9.17, 15) is 18.0 Å². The highest BCUT2D eigenvalue weighted by Crippen LogP contribution is 2.34. The van der Waals surface area contributed by atoms with E-state index >= 15 is 0 Å². The number of nitrogens with one attached hydrogen (secondary N) is 2. The zero-order valence-electron chi connectivity index (χ0n) is 13.8. The summed E-state index contributed by atoms with van der Waals surface area (Å²) in [7, 11) is 3.81. The van der Waals surface area contributed by atoms with Gasteiger partial charge >= 0.3 is 6.18 Å². The van der Waals surface area contributed by atoms with Gasteiger partial charge in [0.25, 0.3) is 5.91 Å². The van der Waals surface area contributed by atoms with E-state index in [2.05, 4.69) is 20.6 Å². The number of carbonyl (C=O) groups excluding carboxylic acids is 1. The zero-order valence-corrected chi connectivity index (χ0v) is 13.8. The number of hydrogen-bond acceptors (Lipinski definition) is 5. The Morgan fingerprint density at radius 1 is 1.20 bits per heavy atom. The van der Waals surface area contributed by atoms with Crippen LogP contribution in [0.15, 0.2) is 36.5 Å². The Hall–Kier alpha value is -2.68. The molecule has 9 heteroatoms. The predicted octanol–water partition coefficient (Wildman–Crippen LogP) is 2.72. The molecule has 0 saturated heterocycles. The van der Waals surface area contributed by atoms with Gasteiger partial charge in [0.2, 0.25) is 5.95 Å². The van der Waals surface area contributed by atoms with Gasteiger partial charge in [-0.2, -0.15) is 13.2 Å². The minimum absolute atomic E-state index is 0.0284. The number of likely N-dealkylation sites (N-methyl/N-ethyl adjacent to an activating group) is 1. The van der Waals surface area contributed by atoms with Crippen LogP contribution >= 0.6 is 0 Å². The molecule has 0 aliphatic heterocycles. The van der Waals surface area contributed by atoms with Gasteiger partial charge < -0.3 is 15.5 Å². The second-order valence-electron chi connectivity index (χ2n) is 5.49. The summed E-state index contributed by atoms with van der Waals surface area (Å²) < 4.78 is 38.9. The zero-order chi connectivity index (χ0) is 18.4. The Kier molecular flexibility index (Phi) is 5.92. The van der Waals surface area contributed by atoms with Gasteiger partial charge in [0.15, 0.2) is 0 Å². The fourth-order valence-electron chi connectivity index (χ4n) is 1.99. The highest BCUT2D eigenvalue weighted by molar-refractivity contribution is 6.03. The minimum Gasteiger partial charge on any atom is -0.353 e. The summed E-state index contributed by atoms with van der Waals surface area (Å²) in [5, 5.41) is 5.20. The number of hydrogen-bond donors (Lipinski definition) is 2. The lowest BCUT2D eigenvalue weighted by atomic mass is 10.1. The van der Waals surface area contributed by atoms with Crippen LogP contribution in [0.3, 0.4) is 0 Å². The molecule has 0 spiro atoms. The standard InChI is InChI=1S/C16H18F3N5O/c1-24(2)10-9-21-15-20-8-7-13(23-15)14(25)22-12-6-4-3-5-11(12)16(17,18)19/h3-8H,9-10H2,1-2H3,(H,22,25)(H,20,21,23). The molecule has 2 aromatic rings. The molecule has 2 rings (SSSR count). The monoisotopic (exact) mass is 353 g/mol. The van der Waals surface area contributed by atoms with Crippen molar-refractivity contribution in [1.29, 1.82) is 0 Å². The molecule has 0 fully saturated rings. The average Bonchev–Trinajstić information content (AvgIpc) is 2.54. The van der Waals surface area contributed by atoms with Crippen LogP contribution in [0.4, 0.5) is 24.8 Å². The maximum absolute atomic E-state index is 13.0. The van der Waals surface area contributed by atoms with Gasteiger partial charge in [-0.25, -0.2) is 9.97 Å². The van der Waals surface area contributed by atoms with Crippen LogP contribution < -0.4 is 10.6 Å². The number of halogens is 3. The van der Waals surface area contributed by atoms with Crippen molar-refractivity contribution in [2.75, 3.05) is 37.8 Å². The van der Waals surface area contributed by atoms with Gasteiger partial charge in [0.1, 0.15) is 5.69 Å². The van der Waals surface area contributed by atoms with Gasteiger partial charge in [0, 0.05) is 19.3 Å². The summed E-state index contributed by atoms with van der Waals surface area (Å²) in [6.07, 6.45) is -3.19. The summed E-state index contributed by atoms with van der Waals surface area (Å²) in [5.41, 5.74) is -1.26. The summed E-state index contributed by atoms with van der Waals surface area (Å²) in [4.78, 5) is 22.2. The molecule has 2 N–H and O–H groups in total. The van der Waals surface area contributed by atoms with Gasteiger partial charge in [0.05, 0.1) is 11.3 Å². The summed E-state index contributed by atoms with van der Waals surface area (Å²) in [5.74, 6) is -0.506. The second kappa shape index (κ2) is 7.93. The summed E-state index contributed by atoms with van der Waals surface area (Å²) in [6.45, 7) is 1.30. The Balaban J connectivity index is 2.12. The number of benzene rings is 1. The molecule has 0 aliphatic carbocycles. The highest BCUT2D eigenvalue weighted by atomic mass is 19.4. The fourth-order valence-corrected chi connectivity index (χ4v) is 1.99. The van der Waals surface area contributed by atoms with Crippen molar-refractivity contribution in [3.05, 3.63) is 47.8 Å². The Labute approximate surface area is 143 Å². The molecule has 0 aliphatic rings. The van der Waals surface area contributed by atoms with E-state index in [-0.39, 0.29) is 17.3 Å². The number of anilines is 2. The normalized spacial score (nSPS) is 11.4. The second-order valence-corrected chi connectivity index (χ2v) is 5.49. The molecule has 1 aromatic carbocycles. The average molecular weight is 353 g/mol. The van der Waals surface area contributed by atoms with E-state index < -0.39 is 17.6 Å². The molecule has 0 atom stereocenters. The first-order valence-electron chi connectivity index (χ1n) is 7.46. The number of alkyl halides is 3. The first kappa shape index (κ1) is 18.7. The number of aromatic nitrogens is 2. The lowest BCUT2D eigenvalue weighted by Crippen LogP contribution is -2.22. The summed E-state index contributed by atoms with van der Waals surface area (Å²) >= 11 is 0. The van der Waals surface area contributed by atoms with Gasteiger partial charge in [-0.15, -0.1) is 0 Å². The maximum atomic E-state index is 13.0. The summed E-state index contributed by atoms with van der Waals surface area (Å²) in [6, 6.07) is 6.11. The van der Waals surface area contributed by atoms with Crippen molar-refractivity contribution in [3.63, 3.8) is 0 Å². The van der Waals surface area contributed by atoms with E-state index in [4.69, 9.17) is 0 Å². The van der Waals surface area contributed by atoms with Crippen LogP contribution in [0.1, 0.15) is 16.1 Å². The number of nitrogens with zero attached hydrogens (tertiary/aromatic N) is 3. The smallest absolute Gasteiger partial charge is 0.353 e. The molecular formula is C16H18F3N5O. The molecule has 0 radical (unpaired) electrons. The topological polar surface area (TPSA) is 70.2 Å². The van der Waals surface area contributed by atoms with Crippen LogP contribution in [-0.4, -0.2) is 48.0 Å². The third-order valence-electron chi connectivity index (χ3n) is 3.21. The van der Waals surface area contributed by atoms with Gasteiger partial charge in [-0.3, -0.25) is 4.79 Å². The van der Waals surface area contributed by atoms with Crippen molar-refractivity contribution in [3.8, 4) is 0 Å². The molecule has 134 valence electrons. The Bertz CT molecular complexity index is 734. The third-order valence-corrected chi connectivity index (χ3v) is 3.21. The molecule has 6 nitrogen and oxygen atoms in total. The Morgan fingerprint density at radius 3 is 2.60 bits per heavy atom. The molecule has 1 heterocycles. The van der Waals surface area contributed by atoms with Crippen LogP contribution in [0.25, 0.3) is 0 Å². The van der Waals surface area contributed by atoms with E-state index in [1.165, 1.54) is 30.5 Å². The molecule has 0 saturated carbocycles. The largest absolute Gasteiger partial charge is 0.418 e. The van der Waals surface area contributed by atoms with Crippen LogP contribution in [0.5, 0.6) is 0 Å². The van der Waals surface area contributed by atoms with E-state index in [0.717, 1.165) is 12.6 Å². The number of para-hydroxylation sites is 1. The first-order valence-corrected chi connectivity index (χ1v) is 7.46. The lowest BCUT2D eigenvalue weighted by molar-refractivity contribution is -0.136. The molecular weight excluding hydrogens is 335 g/mol. The number of amides is 1. The molecule has 1 amide bonds. The molecule has 0 unspecified atom stereocenters. The molecule has 25 heavy (non-hydrogen) atoms. The fraction of sp³-hybridized carbons (Fsp3) is 0.312. The van der Waals surface area contributed by atoms with Crippen molar-refractivity contribution >= 4 is 17.5 Å². The number of carbonyl (C=O) groups is 1. The van der Waals surface area contributed by atoms with Crippen LogP contribution in [-0.2, 0) is 6.18 Å². The SMILES string of the molecule is CN(C)CCNc1nccc(C(=O)Nc2ccccc2C(F)(F)F)n1. The van der Waals surface area contributed by atoms with Crippen LogP contribution in [0.2, 0.25) is 0 Å². The third kappa shape index (κ3) is 5.42. The van der Waals surface area contributed by atoms with E-state index in [1.54, 1.807) is 0 Å². The van der Waals surface area contributed by atoms with Crippen molar-refractivity contribution in [1.82, 2.24) is 14.9 Å². The van der Waals surface area contributed by atoms with Crippen molar-refractivity contribution in [2.45, 2.75) is 6.18 Å². The van der Waals surface area contributed by atoms with Gasteiger partial charge in [-0.05, 0) is 32.3 Å². The minimum atomic E-state index is -4.56. The van der Waals surface area contributed by atoms with Crippen molar-refractivity contribution < 1.29 is 18.0 Å². The quantitative estimate of drug-likeness (QED) is 0.836. The number of rotatable bonds is 6. The van der Waals surface area contributed by atoms with Crippen LogP contribution in [0, 0.1) is 0 Å².